The highest BCUT2D eigenvalue weighted by atomic mass is 16.7. The fourth-order valence-electron chi connectivity index (χ4n) is 2.48. The fourth-order valence-corrected chi connectivity index (χ4v) is 2.48. The highest BCUT2D eigenvalue weighted by Crippen LogP contribution is 2.36. The van der Waals surface area contributed by atoms with Gasteiger partial charge in [-0.3, -0.25) is 4.98 Å². The molecule has 116 valence electrons. The summed E-state index contributed by atoms with van der Waals surface area (Å²) in [6.45, 7) is 8.62. The molecule has 1 fully saturated rings. The Morgan fingerprint density at radius 2 is 1.82 bits per heavy atom. The number of rotatable bonds is 3. The Kier molecular flexibility index (Phi) is 3.71. The smallest absolute Gasteiger partial charge is 0.399 e. The summed E-state index contributed by atoms with van der Waals surface area (Å²) in [5.74, 6) is 0. The summed E-state index contributed by atoms with van der Waals surface area (Å²) in [5.41, 5.74) is 2.60. The van der Waals surface area contributed by atoms with Crippen LogP contribution in [0.25, 0.3) is 11.0 Å². The number of aromatic nitrogens is 2. The predicted molar refractivity (Wildman–Crippen MR) is 86.0 cm³/mol. The van der Waals surface area contributed by atoms with E-state index in [1.807, 2.05) is 45.9 Å². The predicted octanol–water partition coefficient (Wildman–Crippen LogP) is 2.08. The third-order valence-electron chi connectivity index (χ3n) is 4.45. The second kappa shape index (κ2) is 5.30. The lowest BCUT2D eigenvalue weighted by molar-refractivity contribution is 0.00578. The average molecular weight is 300 g/mol. The Bertz CT molecular complexity index is 687. The summed E-state index contributed by atoms with van der Waals surface area (Å²) >= 11 is 0. The molecule has 1 aliphatic rings. The van der Waals surface area contributed by atoms with Gasteiger partial charge < -0.3 is 14.0 Å². The molecular weight excluding hydrogens is 279 g/mol. The van der Waals surface area contributed by atoms with Crippen molar-refractivity contribution in [1.82, 2.24) is 9.97 Å². The van der Waals surface area contributed by atoms with Gasteiger partial charge in [-0.1, -0.05) is 12.1 Å². The van der Waals surface area contributed by atoms with Crippen LogP contribution in [-0.4, -0.2) is 35.4 Å². The molecule has 0 aliphatic carbocycles. The van der Waals surface area contributed by atoms with Crippen molar-refractivity contribution in [2.24, 2.45) is 0 Å². The van der Waals surface area contributed by atoms with Crippen molar-refractivity contribution < 1.29 is 14.0 Å². The minimum atomic E-state index is -0.434. The van der Waals surface area contributed by atoms with Crippen LogP contribution in [0.1, 0.15) is 33.4 Å². The van der Waals surface area contributed by atoms with Crippen molar-refractivity contribution in [1.29, 1.82) is 0 Å². The molecule has 0 amide bonds. The summed E-state index contributed by atoms with van der Waals surface area (Å²) in [6.07, 6.45) is 1.74. The van der Waals surface area contributed by atoms with Gasteiger partial charge in [0.25, 0.3) is 0 Å². The molecule has 1 saturated heterocycles. The maximum absolute atomic E-state index is 6.12. The van der Waals surface area contributed by atoms with Gasteiger partial charge in [0.2, 0.25) is 0 Å². The third-order valence-corrected chi connectivity index (χ3v) is 4.45. The Labute approximate surface area is 131 Å². The van der Waals surface area contributed by atoms with Crippen molar-refractivity contribution in [2.45, 2.75) is 45.5 Å². The van der Waals surface area contributed by atoms with Crippen LogP contribution >= 0.6 is 0 Å². The molecule has 1 aromatic carbocycles. The quantitative estimate of drug-likeness (QED) is 0.812. The molecule has 6 heteroatoms. The number of benzene rings is 1. The van der Waals surface area contributed by atoms with Gasteiger partial charge in [-0.25, -0.2) is 4.98 Å². The summed E-state index contributed by atoms with van der Waals surface area (Å²) in [5, 5.41) is 0. The van der Waals surface area contributed by atoms with Crippen LogP contribution in [0.15, 0.2) is 24.4 Å². The first-order chi connectivity index (χ1) is 10.3. The van der Waals surface area contributed by atoms with Crippen LogP contribution < -0.4 is 5.46 Å². The summed E-state index contributed by atoms with van der Waals surface area (Å²) in [7, 11) is 1.21. The second-order valence-electron chi connectivity index (χ2n) is 6.60. The monoisotopic (exact) mass is 300 g/mol. The number of fused-ring (bicyclic) bond motifs is 1. The zero-order valence-corrected chi connectivity index (χ0v) is 13.7. The van der Waals surface area contributed by atoms with E-state index in [0.717, 1.165) is 22.2 Å². The molecule has 0 spiro atoms. The van der Waals surface area contributed by atoms with E-state index < -0.39 is 7.12 Å². The van der Waals surface area contributed by atoms with Crippen molar-refractivity contribution in [3.05, 3.63) is 30.1 Å². The minimum absolute atomic E-state index is 0.372. The van der Waals surface area contributed by atoms with Gasteiger partial charge in [-0.15, -0.1) is 0 Å². The standard InChI is InChI=1S/C16H21BN2O3/c1-15(2)16(3,4)22-17(21-15)12-7-6-8-13-14(12)18-9-11(19-13)10-20-5/h6-9H,10H2,1-5H3. The number of hydrogen-bond donors (Lipinski definition) is 0. The summed E-state index contributed by atoms with van der Waals surface area (Å²) in [4.78, 5) is 9.11. The number of nitrogens with zero attached hydrogens (tertiary/aromatic N) is 2. The summed E-state index contributed by atoms with van der Waals surface area (Å²) in [6, 6.07) is 5.87. The Balaban J connectivity index is 2.02. The van der Waals surface area contributed by atoms with Gasteiger partial charge >= 0.3 is 7.12 Å². The van der Waals surface area contributed by atoms with Gasteiger partial charge in [-0.2, -0.15) is 0 Å². The molecule has 0 N–H and O–H groups in total. The van der Waals surface area contributed by atoms with Crippen molar-refractivity contribution in [2.75, 3.05) is 7.11 Å². The van der Waals surface area contributed by atoms with E-state index in [-0.39, 0.29) is 11.2 Å². The Morgan fingerprint density at radius 1 is 1.14 bits per heavy atom. The van der Waals surface area contributed by atoms with Crippen LogP contribution in [0.2, 0.25) is 0 Å². The molecule has 3 rings (SSSR count). The zero-order chi connectivity index (χ0) is 16.0. The van der Waals surface area contributed by atoms with Gasteiger partial charge in [0.1, 0.15) is 0 Å². The first-order valence-electron chi connectivity index (χ1n) is 7.43. The lowest BCUT2D eigenvalue weighted by Gasteiger charge is -2.32. The normalized spacial score (nSPS) is 19.8. The van der Waals surface area contributed by atoms with Crippen LogP contribution in [0.3, 0.4) is 0 Å². The largest absolute Gasteiger partial charge is 0.497 e. The second-order valence-corrected chi connectivity index (χ2v) is 6.60. The molecule has 0 bridgehead atoms. The molecule has 2 aromatic rings. The highest BCUT2D eigenvalue weighted by Gasteiger charge is 2.52. The maximum atomic E-state index is 6.12. The van der Waals surface area contributed by atoms with E-state index in [4.69, 9.17) is 14.0 Å². The topological polar surface area (TPSA) is 53.5 Å². The van der Waals surface area contributed by atoms with Crippen molar-refractivity contribution in [3.63, 3.8) is 0 Å². The molecule has 0 atom stereocenters. The van der Waals surface area contributed by atoms with Gasteiger partial charge in [0.15, 0.2) is 0 Å². The Hall–Kier alpha value is -1.50. The van der Waals surface area contributed by atoms with Crippen LogP contribution in [0.4, 0.5) is 0 Å². The fraction of sp³-hybridized carbons (Fsp3) is 0.500. The van der Waals surface area contributed by atoms with Crippen molar-refractivity contribution in [3.8, 4) is 0 Å². The molecule has 1 aromatic heterocycles. The zero-order valence-electron chi connectivity index (χ0n) is 13.7. The number of hydrogen-bond acceptors (Lipinski definition) is 5. The minimum Gasteiger partial charge on any atom is -0.399 e. The first kappa shape index (κ1) is 15.4. The lowest BCUT2D eigenvalue weighted by Crippen LogP contribution is -2.41. The molecule has 1 aliphatic heterocycles. The molecule has 22 heavy (non-hydrogen) atoms. The van der Waals surface area contributed by atoms with E-state index >= 15 is 0 Å². The number of methoxy groups -OCH3 is 1. The summed E-state index contributed by atoms with van der Waals surface area (Å²) < 4.78 is 17.4. The van der Waals surface area contributed by atoms with Crippen molar-refractivity contribution >= 4 is 23.6 Å². The lowest BCUT2D eigenvalue weighted by atomic mass is 9.78. The van der Waals surface area contributed by atoms with E-state index in [1.54, 1.807) is 13.3 Å². The number of ether oxygens (including phenoxy) is 1. The molecule has 0 radical (unpaired) electrons. The Morgan fingerprint density at radius 3 is 2.45 bits per heavy atom. The van der Waals surface area contributed by atoms with E-state index in [1.165, 1.54) is 0 Å². The maximum Gasteiger partial charge on any atom is 0.497 e. The molecule has 0 unspecified atom stereocenters. The molecule has 5 nitrogen and oxygen atoms in total. The number of para-hydroxylation sites is 1. The van der Waals surface area contributed by atoms with Gasteiger partial charge in [-0.05, 0) is 33.8 Å². The SMILES string of the molecule is COCc1cnc2c(B3OC(C)(C)C(C)(C)O3)cccc2n1. The molecule has 2 heterocycles. The van der Waals surface area contributed by atoms with Crippen LogP contribution in [0, 0.1) is 0 Å². The highest BCUT2D eigenvalue weighted by molar-refractivity contribution is 6.64. The van der Waals surface area contributed by atoms with E-state index in [9.17, 15) is 0 Å². The molecular formula is C16H21BN2O3. The molecule has 0 saturated carbocycles. The van der Waals surface area contributed by atoms with Gasteiger partial charge in [0.05, 0.1) is 40.7 Å². The van der Waals surface area contributed by atoms with E-state index in [0.29, 0.717) is 6.61 Å². The van der Waals surface area contributed by atoms with Gasteiger partial charge in [0, 0.05) is 12.6 Å². The third kappa shape index (κ3) is 2.51. The average Bonchev–Trinajstić information content (AvgIpc) is 2.67. The van der Waals surface area contributed by atoms with Crippen LogP contribution in [-0.2, 0) is 20.7 Å². The van der Waals surface area contributed by atoms with Crippen LogP contribution in [0.5, 0.6) is 0 Å². The first-order valence-corrected chi connectivity index (χ1v) is 7.43. The van der Waals surface area contributed by atoms with E-state index in [2.05, 4.69) is 9.97 Å².